The highest BCUT2D eigenvalue weighted by Gasteiger charge is 2.08. The van der Waals surface area contributed by atoms with Crippen molar-refractivity contribution in [3.63, 3.8) is 0 Å². The minimum Gasteiger partial charge on any atom is -0.486 e. The summed E-state index contributed by atoms with van der Waals surface area (Å²) in [7, 11) is 0. The standard InChI is InChI=1S/C13H15NO/c1-10-2-6-12(7-3-10)15-13-8-4-11(14)5-9-13/h2-8,13H,9,14H2,1H3. The third kappa shape index (κ3) is 2.62. The lowest BCUT2D eigenvalue weighted by molar-refractivity contribution is 0.251. The van der Waals surface area contributed by atoms with E-state index in [0.29, 0.717) is 0 Å². The predicted octanol–water partition coefficient (Wildman–Crippen LogP) is 2.54. The summed E-state index contributed by atoms with van der Waals surface area (Å²) in [6.07, 6.45) is 6.83. The fourth-order valence-electron chi connectivity index (χ4n) is 1.50. The van der Waals surface area contributed by atoms with Crippen LogP contribution in [-0.2, 0) is 0 Å². The second-order valence-electron chi connectivity index (χ2n) is 3.77. The molecule has 0 bridgehead atoms. The van der Waals surface area contributed by atoms with Crippen molar-refractivity contribution in [2.45, 2.75) is 19.4 Å². The molecule has 2 N–H and O–H groups in total. The fraction of sp³-hybridized carbons (Fsp3) is 0.231. The first-order valence-corrected chi connectivity index (χ1v) is 5.11. The number of nitrogens with two attached hydrogens (primary N) is 1. The Morgan fingerprint density at radius 1 is 1.27 bits per heavy atom. The van der Waals surface area contributed by atoms with Gasteiger partial charge < -0.3 is 10.5 Å². The number of rotatable bonds is 2. The third-order valence-corrected chi connectivity index (χ3v) is 2.40. The minimum atomic E-state index is 0.111. The monoisotopic (exact) mass is 201 g/mol. The van der Waals surface area contributed by atoms with E-state index in [9.17, 15) is 0 Å². The van der Waals surface area contributed by atoms with Crippen molar-refractivity contribution in [2.75, 3.05) is 0 Å². The van der Waals surface area contributed by atoms with E-state index in [1.165, 1.54) is 5.56 Å². The molecule has 78 valence electrons. The minimum absolute atomic E-state index is 0.111. The number of allylic oxidation sites excluding steroid dienone is 1. The molecule has 0 amide bonds. The van der Waals surface area contributed by atoms with E-state index in [4.69, 9.17) is 10.5 Å². The van der Waals surface area contributed by atoms with Crippen molar-refractivity contribution in [2.24, 2.45) is 5.73 Å². The molecule has 2 rings (SSSR count). The molecule has 0 heterocycles. The lowest BCUT2D eigenvalue weighted by Crippen LogP contribution is -2.16. The summed E-state index contributed by atoms with van der Waals surface area (Å²) >= 11 is 0. The second kappa shape index (κ2) is 4.22. The van der Waals surface area contributed by atoms with E-state index < -0.39 is 0 Å². The summed E-state index contributed by atoms with van der Waals surface area (Å²) in [5, 5.41) is 0. The first-order chi connectivity index (χ1) is 7.24. The number of ether oxygens (including phenoxy) is 1. The molecule has 1 unspecified atom stereocenters. The van der Waals surface area contributed by atoms with Gasteiger partial charge in [0.1, 0.15) is 11.9 Å². The molecule has 1 aliphatic rings. The Hall–Kier alpha value is -1.70. The Kier molecular flexibility index (Phi) is 2.77. The summed E-state index contributed by atoms with van der Waals surface area (Å²) in [5.41, 5.74) is 7.69. The van der Waals surface area contributed by atoms with Gasteiger partial charge in [-0.25, -0.2) is 0 Å². The largest absolute Gasteiger partial charge is 0.486 e. The van der Waals surface area contributed by atoms with Gasteiger partial charge in [0.25, 0.3) is 0 Å². The van der Waals surface area contributed by atoms with Crippen LogP contribution in [0.3, 0.4) is 0 Å². The zero-order valence-corrected chi connectivity index (χ0v) is 8.81. The van der Waals surface area contributed by atoms with Crippen LogP contribution >= 0.6 is 0 Å². The van der Waals surface area contributed by atoms with Crippen molar-refractivity contribution >= 4 is 0 Å². The molecule has 1 aromatic rings. The van der Waals surface area contributed by atoms with E-state index in [2.05, 4.69) is 6.92 Å². The van der Waals surface area contributed by atoms with E-state index in [-0.39, 0.29) is 6.10 Å². The molecule has 15 heavy (non-hydrogen) atoms. The third-order valence-electron chi connectivity index (χ3n) is 2.40. The summed E-state index contributed by atoms with van der Waals surface area (Å²) in [6.45, 7) is 2.06. The SMILES string of the molecule is Cc1ccc(OC2C=CC(N)=CC2)cc1. The summed E-state index contributed by atoms with van der Waals surface area (Å²) in [6, 6.07) is 8.08. The van der Waals surface area contributed by atoms with Gasteiger partial charge in [-0.2, -0.15) is 0 Å². The quantitative estimate of drug-likeness (QED) is 0.798. The Balaban J connectivity index is 1.99. The highest BCUT2D eigenvalue weighted by atomic mass is 16.5. The van der Waals surface area contributed by atoms with Crippen LogP contribution in [0.15, 0.2) is 48.2 Å². The van der Waals surface area contributed by atoms with Crippen LogP contribution in [0, 0.1) is 6.92 Å². The molecule has 2 heteroatoms. The Bertz CT molecular complexity index is 390. The van der Waals surface area contributed by atoms with Gasteiger partial charge in [0, 0.05) is 12.1 Å². The molecular formula is C13H15NO. The van der Waals surface area contributed by atoms with Crippen LogP contribution in [0.1, 0.15) is 12.0 Å². The maximum absolute atomic E-state index is 5.77. The maximum atomic E-state index is 5.77. The van der Waals surface area contributed by atoms with Crippen LogP contribution < -0.4 is 10.5 Å². The summed E-state index contributed by atoms with van der Waals surface area (Å²) in [4.78, 5) is 0. The first kappa shape index (κ1) is 9.84. The van der Waals surface area contributed by atoms with E-state index in [1.54, 1.807) is 0 Å². The molecule has 2 nitrogen and oxygen atoms in total. The molecule has 0 spiro atoms. The number of hydrogen-bond donors (Lipinski definition) is 1. The van der Waals surface area contributed by atoms with Crippen molar-refractivity contribution in [3.05, 3.63) is 53.8 Å². The Morgan fingerprint density at radius 2 is 2.00 bits per heavy atom. The average Bonchev–Trinajstić information content (AvgIpc) is 2.25. The lowest BCUT2D eigenvalue weighted by Gasteiger charge is -2.17. The molecule has 0 fully saturated rings. The van der Waals surface area contributed by atoms with Gasteiger partial charge in [0.15, 0.2) is 0 Å². The molecule has 0 saturated carbocycles. The van der Waals surface area contributed by atoms with Gasteiger partial charge >= 0.3 is 0 Å². The van der Waals surface area contributed by atoms with Crippen LogP contribution in [0.5, 0.6) is 5.75 Å². The topological polar surface area (TPSA) is 35.2 Å². The Morgan fingerprint density at radius 3 is 2.60 bits per heavy atom. The predicted molar refractivity (Wildman–Crippen MR) is 61.6 cm³/mol. The van der Waals surface area contributed by atoms with E-state index in [0.717, 1.165) is 17.9 Å². The normalized spacial score (nSPS) is 19.8. The van der Waals surface area contributed by atoms with Crippen molar-refractivity contribution in [1.82, 2.24) is 0 Å². The number of hydrogen-bond acceptors (Lipinski definition) is 2. The van der Waals surface area contributed by atoms with Crippen molar-refractivity contribution in [3.8, 4) is 5.75 Å². The fourth-order valence-corrected chi connectivity index (χ4v) is 1.50. The van der Waals surface area contributed by atoms with Crippen LogP contribution in [0.4, 0.5) is 0 Å². The Labute approximate surface area is 90.1 Å². The average molecular weight is 201 g/mol. The van der Waals surface area contributed by atoms with E-state index >= 15 is 0 Å². The molecule has 0 aromatic heterocycles. The zero-order valence-electron chi connectivity index (χ0n) is 8.81. The molecule has 0 aliphatic heterocycles. The highest BCUT2D eigenvalue weighted by Crippen LogP contribution is 2.17. The van der Waals surface area contributed by atoms with Crippen LogP contribution in [0.2, 0.25) is 0 Å². The van der Waals surface area contributed by atoms with Crippen LogP contribution in [-0.4, -0.2) is 6.10 Å². The molecule has 0 saturated heterocycles. The molecule has 1 aliphatic carbocycles. The van der Waals surface area contributed by atoms with Crippen LogP contribution in [0.25, 0.3) is 0 Å². The first-order valence-electron chi connectivity index (χ1n) is 5.11. The van der Waals surface area contributed by atoms with E-state index in [1.807, 2.05) is 42.5 Å². The highest BCUT2D eigenvalue weighted by molar-refractivity contribution is 5.28. The lowest BCUT2D eigenvalue weighted by atomic mass is 10.1. The van der Waals surface area contributed by atoms with Gasteiger partial charge in [-0.3, -0.25) is 0 Å². The zero-order chi connectivity index (χ0) is 10.7. The van der Waals surface area contributed by atoms with Gasteiger partial charge in [-0.05, 0) is 31.2 Å². The summed E-state index contributed by atoms with van der Waals surface area (Å²) < 4.78 is 5.77. The number of aryl methyl sites for hydroxylation is 1. The maximum Gasteiger partial charge on any atom is 0.121 e. The van der Waals surface area contributed by atoms with Gasteiger partial charge in [-0.1, -0.05) is 23.8 Å². The van der Waals surface area contributed by atoms with Crippen molar-refractivity contribution in [1.29, 1.82) is 0 Å². The molecule has 1 aromatic carbocycles. The van der Waals surface area contributed by atoms with Gasteiger partial charge in [0.05, 0.1) is 0 Å². The second-order valence-corrected chi connectivity index (χ2v) is 3.77. The molecule has 0 radical (unpaired) electrons. The van der Waals surface area contributed by atoms with Gasteiger partial charge in [-0.15, -0.1) is 0 Å². The molecular weight excluding hydrogens is 186 g/mol. The van der Waals surface area contributed by atoms with Gasteiger partial charge in [0.2, 0.25) is 0 Å². The number of benzene rings is 1. The smallest absolute Gasteiger partial charge is 0.121 e. The van der Waals surface area contributed by atoms with Crippen molar-refractivity contribution < 1.29 is 4.74 Å². The molecule has 1 atom stereocenters. The summed E-state index contributed by atoms with van der Waals surface area (Å²) in [5.74, 6) is 0.907.